The average molecular weight is 289 g/mol. The number of hydrogen-bond donors (Lipinski definition) is 2. The fourth-order valence-electron chi connectivity index (χ4n) is 2.63. The number of benzene rings is 1. The van der Waals surface area contributed by atoms with E-state index in [-0.39, 0.29) is 17.9 Å². The van der Waals surface area contributed by atoms with E-state index in [1.807, 2.05) is 32.0 Å². The van der Waals surface area contributed by atoms with Crippen molar-refractivity contribution in [3.63, 3.8) is 0 Å². The van der Waals surface area contributed by atoms with Gasteiger partial charge in [0, 0.05) is 43.9 Å². The third kappa shape index (κ3) is 3.74. The molecule has 1 atom stereocenters. The lowest BCUT2D eigenvalue weighted by molar-refractivity contribution is -0.132. The summed E-state index contributed by atoms with van der Waals surface area (Å²) >= 11 is 0. The topological polar surface area (TPSA) is 61.4 Å². The lowest BCUT2D eigenvalue weighted by atomic mass is 10.0. The fourth-order valence-corrected chi connectivity index (χ4v) is 2.63. The molecule has 2 rings (SSSR count). The summed E-state index contributed by atoms with van der Waals surface area (Å²) in [4.78, 5) is 25.5. The van der Waals surface area contributed by atoms with E-state index in [2.05, 4.69) is 10.6 Å². The van der Waals surface area contributed by atoms with E-state index in [0.717, 1.165) is 17.8 Å². The van der Waals surface area contributed by atoms with Crippen molar-refractivity contribution in [3.05, 3.63) is 29.3 Å². The normalized spacial score (nSPS) is 18.5. The summed E-state index contributed by atoms with van der Waals surface area (Å²) in [5.74, 6) is 0.0787. The highest BCUT2D eigenvalue weighted by atomic mass is 16.2. The van der Waals surface area contributed by atoms with Crippen LogP contribution in [0, 0.1) is 6.92 Å². The Morgan fingerprint density at radius 1 is 1.43 bits per heavy atom. The number of amides is 2. The number of rotatable bonds is 4. The molecule has 0 aliphatic carbocycles. The Kier molecular flexibility index (Phi) is 4.83. The van der Waals surface area contributed by atoms with Crippen LogP contribution in [0.4, 0.5) is 5.69 Å². The SMILES string of the molecule is CCNc1ccc(C(=O)NC2CCC(=O)N(C)C2)c(C)c1. The van der Waals surface area contributed by atoms with Crippen LogP contribution >= 0.6 is 0 Å². The molecule has 1 heterocycles. The zero-order valence-corrected chi connectivity index (χ0v) is 12.9. The standard InChI is InChI=1S/C16H23N3O2/c1-4-17-12-5-7-14(11(2)9-12)16(21)18-13-6-8-15(20)19(3)10-13/h5,7,9,13,17H,4,6,8,10H2,1-3H3,(H,18,21). The highest BCUT2D eigenvalue weighted by molar-refractivity contribution is 5.96. The number of carbonyl (C=O) groups excluding carboxylic acids is 2. The molecule has 1 unspecified atom stereocenters. The van der Waals surface area contributed by atoms with Crippen LogP contribution in [0.5, 0.6) is 0 Å². The van der Waals surface area contributed by atoms with Crippen LogP contribution in [0.2, 0.25) is 0 Å². The molecule has 5 nitrogen and oxygen atoms in total. The molecule has 1 aromatic rings. The van der Waals surface area contributed by atoms with E-state index in [1.54, 1.807) is 11.9 Å². The molecule has 114 valence electrons. The van der Waals surface area contributed by atoms with Gasteiger partial charge in [-0.05, 0) is 44.0 Å². The molecule has 0 saturated carbocycles. The molecule has 1 aliphatic heterocycles. The van der Waals surface area contributed by atoms with Crippen molar-refractivity contribution in [2.75, 3.05) is 25.5 Å². The summed E-state index contributed by atoms with van der Waals surface area (Å²) in [6, 6.07) is 5.78. The predicted molar refractivity (Wildman–Crippen MR) is 83.5 cm³/mol. The van der Waals surface area contributed by atoms with Crippen molar-refractivity contribution in [3.8, 4) is 0 Å². The highest BCUT2D eigenvalue weighted by Gasteiger charge is 2.24. The molecule has 21 heavy (non-hydrogen) atoms. The van der Waals surface area contributed by atoms with Gasteiger partial charge in [0.2, 0.25) is 5.91 Å². The van der Waals surface area contributed by atoms with E-state index in [9.17, 15) is 9.59 Å². The molecule has 1 aromatic carbocycles. The number of carbonyl (C=O) groups is 2. The van der Waals surface area contributed by atoms with Crippen molar-refractivity contribution < 1.29 is 9.59 Å². The first-order chi connectivity index (χ1) is 10.0. The zero-order chi connectivity index (χ0) is 15.4. The van der Waals surface area contributed by atoms with Gasteiger partial charge in [-0.3, -0.25) is 9.59 Å². The third-order valence-electron chi connectivity index (χ3n) is 3.81. The van der Waals surface area contributed by atoms with Gasteiger partial charge in [0.25, 0.3) is 5.91 Å². The third-order valence-corrected chi connectivity index (χ3v) is 3.81. The van der Waals surface area contributed by atoms with Crippen molar-refractivity contribution in [1.82, 2.24) is 10.2 Å². The average Bonchev–Trinajstić information content (AvgIpc) is 2.43. The minimum atomic E-state index is -0.0664. The molecule has 1 saturated heterocycles. The molecular weight excluding hydrogens is 266 g/mol. The maximum absolute atomic E-state index is 12.4. The molecule has 5 heteroatoms. The summed E-state index contributed by atoms with van der Waals surface area (Å²) in [6.45, 7) is 5.41. The summed E-state index contributed by atoms with van der Waals surface area (Å²) in [5.41, 5.74) is 2.66. The quantitative estimate of drug-likeness (QED) is 0.888. The number of hydrogen-bond acceptors (Lipinski definition) is 3. The molecule has 0 spiro atoms. The molecule has 2 N–H and O–H groups in total. The van der Waals surface area contributed by atoms with Gasteiger partial charge in [0.05, 0.1) is 0 Å². The van der Waals surface area contributed by atoms with Gasteiger partial charge < -0.3 is 15.5 Å². The smallest absolute Gasteiger partial charge is 0.251 e. The van der Waals surface area contributed by atoms with Crippen molar-refractivity contribution in [2.45, 2.75) is 32.7 Å². The number of likely N-dealkylation sites (tertiary alicyclic amines) is 1. The first-order valence-electron chi connectivity index (χ1n) is 7.40. The second kappa shape index (κ2) is 6.61. The number of nitrogens with one attached hydrogen (secondary N) is 2. The number of aryl methyl sites for hydroxylation is 1. The van der Waals surface area contributed by atoms with E-state index in [0.29, 0.717) is 24.9 Å². The Balaban J connectivity index is 2.02. The summed E-state index contributed by atoms with van der Waals surface area (Å²) in [7, 11) is 1.77. The van der Waals surface area contributed by atoms with Crippen LogP contribution in [0.3, 0.4) is 0 Å². The van der Waals surface area contributed by atoms with Crippen LogP contribution in [0.25, 0.3) is 0 Å². The molecule has 0 bridgehead atoms. The number of likely N-dealkylation sites (N-methyl/N-ethyl adjacent to an activating group) is 1. The second-order valence-corrected chi connectivity index (χ2v) is 5.54. The van der Waals surface area contributed by atoms with Gasteiger partial charge in [0.1, 0.15) is 0 Å². The van der Waals surface area contributed by atoms with E-state index >= 15 is 0 Å². The van der Waals surface area contributed by atoms with Gasteiger partial charge >= 0.3 is 0 Å². The van der Waals surface area contributed by atoms with Gasteiger partial charge in [-0.25, -0.2) is 0 Å². The largest absolute Gasteiger partial charge is 0.385 e. The predicted octanol–water partition coefficient (Wildman–Crippen LogP) is 1.78. The summed E-state index contributed by atoms with van der Waals surface area (Å²) in [6.07, 6.45) is 1.21. The number of nitrogens with zero attached hydrogens (tertiary/aromatic N) is 1. The van der Waals surface area contributed by atoms with Gasteiger partial charge in [-0.1, -0.05) is 0 Å². The minimum absolute atomic E-state index is 0.0352. The molecular formula is C16H23N3O2. The maximum Gasteiger partial charge on any atom is 0.251 e. The lowest BCUT2D eigenvalue weighted by Gasteiger charge is -2.30. The number of anilines is 1. The highest BCUT2D eigenvalue weighted by Crippen LogP contribution is 2.16. The lowest BCUT2D eigenvalue weighted by Crippen LogP contribution is -2.48. The van der Waals surface area contributed by atoms with Crippen LogP contribution in [-0.4, -0.2) is 42.9 Å². The molecule has 1 fully saturated rings. The fraction of sp³-hybridized carbons (Fsp3) is 0.500. The van der Waals surface area contributed by atoms with Crippen LogP contribution in [0.1, 0.15) is 35.7 Å². The zero-order valence-electron chi connectivity index (χ0n) is 12.9. The van der Waals surface area contributed by atoms with E-state index in [4.69, 9.17) is 0 Å². The first-order valence-corrected chi connectivity index (χ1v) is 7.40. The molecule has 0 radical (unpaired) electrons. The van der Waals surface area contributed by atoms with Crippen molar-refractivity contribution in [2.24, 2.45) is 0 Å². The Hall–Kier alpha value is -2.04. The maximum atomic E-state index is 12.4. The van der Waals surface area contributed by atoms with Crippen molar-refractivity contribution in [1.29, 1.82) is 0 Å². The Bertz CT molecular complexity index is 542. The Morgan fingerprint density at radius 3 is 2.81 bits per heavy atom. The Labute approximate surface area is 125 Å². The van der Waals surface area contributed by atoms with Crippen LogP contribution in [-0.2, 0) is 4.79 Å². The molecule has 1 aliphatic rings. The van der Waals surface area contributed by atoms with Crippen molar-refractivity contribution >= 4 is 17.5 Å². The van der Waals surface area contributed by atoms with Gasteiger partial charge in [-0.2, -0.15) is 0 Å². The first kappa shape index (κ1) is 15.4. The van der Waals surface area contributed by atoms with Gasteiger partial charge in [0.15, 0.2) is 0 Å². The summed E-state index contributed by atoms with van der Waals surface area (Å²) < 4.78 is 0. The van der Waals surface area contributed by atoms with Crippen LogP contribution < -0.4 is 10.6 Å². The molecule has 2 amide bonds. The Morgan fingerprint density at radius 2 is 2.19 bits per heavy atom. The van der Waals surface area contributed by atoms with E-state index < -0.39 is 0 Å². The van der Waals surface area contributed by atoms with E-state index in [1.165, 1.54) is 0 Å². The van der Waals surface area contributed by atoms with Crippen LogP contribution in [0.15, 0.2) is 18.2 Å². The second-order valence-electron chi connectivity index (χ2n) is 5.54. The summed E-state index contributed by atoms with van der Waals surface area (Å²) in [5, 5.41) is 6.26. The minimum Gasteiger partial charge on any atom is -0.385 e. The van der Waals surface area contributed by atoms with Gasteiger partial charge in [-0.15, -0.1) is 0 Å². The molecule has 0 aromatic heterocycles. The number of piperidine rings is 1. The monoisotopic (exact) mass is 289 g/mol.